The molecule has 2 heterocycles. The molecule has 0 amide bonds. The zero-order valence-electron chi connectivity index (χ0n) is 28.2. The summed E-state index contributed by atoms with van der Waals surface area (Å²) in [5.74, 6) is 0. The Morgan fingerprint density at radius 1 is 0.560 bits per heavy atom. The Balaban J connectivity index is 0.995. The van der Waals surface area contributed by atoms with Gasteiger partial charge in [-0.1, -0.05) is 109 Å². The summed E-state index contributed by atoms with van der Waals surface area (Å²) in [7, 11) is 0. The molecule has 10 heteroatoms. The summed E-state index contributed by atoms with van der Waals surface area (Å²) >= 11 is 19.8. The van der Waals surface area contributed by atoms with E-state index in [4.69, 9.17) is 24.4 Å². The highest BCUT2D eigenvalue weighted by Gasteiger charge is 2.12. The predicted octanol–water partition coefficient (Wildman–Crippen LogP) is 7.33. The zero-order chi connectivity index (χ0) is 34.7. The highest BCUT2D eigenvalue weighted by molar-refractivity contribution is 8.11. The Labute approximate surface area is 317 Å². The lowest BCUT2D eigenvalue weighted by Crippen LogP contribution is -2.32. The van der Waals surface area contributed by atoms with E-state index in [0.717, 1.165) is 65.2 Å². The molecule has 256 valence electrons. The van der Waals surface area contributed by atoms with Gasteiger partial charge < -0.3 is 9.80 Å². The Kier molecular flexibility index (Phi) is 12.8. The molecule has 0 aliphatic heterocycles. The SMILES string of the molecule is S=C(S)N(CCCn1cc[n+](Cc2ccc3ccc(C[n+]4ccn(CCCN(Cc5ccccc5)C(=S)S)c4)cc3c2)c1)Cc1ccccc1. The van der Waals surface area contributed by atoms with Crippen LogP contribution in [0.3, 0.4) is 0 Å². The van der Waals surface area contributed by atoms with Gasteiger partial charge in [-0.05, 0) is 45.2 Å². The van der Waals surface area contributed by atoms with E-state index in [0.29, 0.717) is 8.64 Å². The Hall–Kier alpha value is -3.96. The number of benzene rings is 4. The molecule has 50 heavy (non-hydrogen) atoms. The molecular weight excluding hydrogens is 693 g/mol. The number of rotatable bonds is 16. The second-order valence-corrected chi connectivity index (χ2v) is 15.0. The average molecular weight is 737 g/mol. The number of aryl methyl sites for hydroxylation is 2. The van der Waals surface area contributed by atoms with Crippen molar-refractivity contribution in [1.29, 1.82) is 0 Å². The second kappa shape index (κ2) is 17.8. The fourth-order valence-electron chi connectivity index (χ4n) is 6.27. The van der Waals surface area contributed by atoms with Gasteiger partial charge in [0.05, 0.1) is 13.1 Å². The van der Waals surface area contributed by atoms with E-state index in [1.165, 1.54) is 33.0 Å². The van der Waals surface area contributed by atoms with Gasteiger partial charge in [-0.25, -0.2) is 18.3 Å². The van der Waals surface area contributed by atoms with E-state index in [9.17, 15) is 0 Å². The number of hydrogen-bond acceptors (Lipinski definition) is 2. The number of fused-ring (bicyclic) bond motifs is 1. The van der Waals surface area contributed by atoms with Crippen LogP contribution >= 0.6 is 49.7 Å². The first kappa shape index (κ1) is 35.9. The average Bonchev–Trinajstić information content (AvgIpc) is 3.77. The summed E-state index contributed by atoms with van der Waals surface area (Å²) in [5.41, 5.74) is 5.06. The maximum atomic E-state index is 5.41. The van der Waals surface area contributed by atoms with E-state index >= 15 is 0 Å². The normalized spacial score (nSPS) is 11.2. The lowest BCUT2D eigenvalue weighted by molar-refractivity contribution is -0.687. The van der Waals surface area contributed by atoms with Crippen molar-refractivity contribution in [2.45, 2.75) is 52.1 Å². The first-order chi connectivity index (χ1) is 24.4. The van der Waals surface area contributed by atoms with Crippen LogP contribution in [0.15, 0.2) is 135 Å². The quantitative estimate of drug-likeness (QED) is 0.0618. The van der Waals surface area contributed by atoms with Crippen LogP contribution in [0.1, 0.15) is 35.1 Å². The lowest BCUT2D eigenvalue weighted by atomic mass is 10.0. The van der Waals surface area contributed by atoms with Crippen LogP contribution in [0, 0.1) is 0 Å². The van der Waals surface area contributed by atoms with Gasteiger partial charge in [0.25, 0.3) is 0 Å². The number of thiocarbonyl (C=S) groups is 2. The Morgan fingerprint density at radius 2 is 1.00 bits per heavy atom. The summed E-state index contributed by atoms with van der Waals surface area (Å²) in [5, 5.41) is 2.52. The minimum atomic E-state index is 0.640. The van der Waals surface area contributed by atoms with Crippen molar-refractivity contribution in [1.82, 2.24) is 18.9 Å². The number of thiol groups is 2. The van der Waals surface area contributed by atoms with Gasteiger partial charge in [-0.15, -0.1) is 25.3 Å². The van der Waals surface area contributed by atoms with E-state index in [2.05, 4.69) is 176 Å². The van der Waals surface area contributed by atoms with Crippen molar-refractivity contribution in [2.24, 2.45) is 0 Å². The maximum absolute atomic E-state index is 5.41. The largest absolute Gasteiger partial charge is 0.353 e. The molecular formula is C40H44N6S4+2. The molecule has 0 fully saturated rings. The van der Waals surface area contributed by atoms with E-state index in [1.54, 1.807) is 0 Å². The van der Waals surface area contributed by atoms with Crippen LogP contribution < -0.4 is 9.13 Å². The van der Waals surface area contributed by atoms with Gasteiger partial charge in [0.2, 0.25) is 12.7 Å². The monoisotopic (exact) mass is 736 g/mol. The lowest BCUT2D eigenvalue weighted by Gasteiger charge is -2.22. The minimum absolute atomic E-state index is 0.640. The first-order valence-corrected chi connectivity index (χ1v) is 18.7. The fourth-order valence-corrected chi connectivity index (χ4v) is 6.93. The van der Waals surface area contributed by atoms with Crippen molar-refractivity contribution in [2.75, 3.05) is 13.1 Å². The molecule has 6 aromatic rings. The third-order valence-corrected chi connectivity index (χ3v) is 9.94. The molecule has 0 saturated carbocycles. The summed E-state index contributed by atoms with van der Waals surface area (Å²) < 4.78 is 10.3. The third-order valence-electron chi connectivity index (χ3n) is 8.85. The third kappa shape index (κ3) is 10.5. The Morgan fingerprint density at radius 3 is 1.42 bits per heavy atom. The van der Waals surface area contributed by atoms with Gasteiger partial charge >= 0.3 is 0 Å². The number of imidazole rings is 2. The fraction of sp³-hybridized carbons (Fsp3) is 0.250. The Bertz CT molecular complexity index is 1870. The van der Waals surface area contributed by atoms with Crippen molar-refractivity contribution in [3.05, 3.63) is 157 Å². The molecule has 0 bridgehead atoms. The number of aromatic nitrogens is 4. The van der Waals surface area contributed by atoms with Crippen LogP contribution in [0.25, 0.3) is 10.8 Å². The van der Waals surface area contributed by atoms with Crippen molar-refractivity contribution < 1.29 is 9.13 Å². The summed E-state index contributed by atoms with van der Waals surface area (Å²) in [6.45, 7) is 6.79. The van der Waals surface area contributed by atoms with Gasteiger partial charge in [0.1, 0.15) is 46.5 Å². The minimum Gasteiger partial charge on any atom is -0.353 e. The van der Waals surface area contributed by atoms with Crippen molar-refractivity contribution >= 4 is 69.1 Å². The molecule has 0 N–H and O–H groups in total. The molecule has 6 rings (SSSR count). The van der Waals surface area contributed by atoms with Crippen molar-refractivity contribution in [3.63, 3.8) is 0 Å². The maximum Gasteiger partial charge on any atom is 0.244 e. The number of hydrogen-bond donors (Lipinski definition) is 2. The molecule has 0 radical (unpaired) electrons. The first-order valence-electron chi connectivity index (χ1n) is 17.0. The van der Waals surface area contributed by atoms with E-state index in [-0.39, 0.29) is 0 Å². The van der Waals surface area contributed by atoms with E-state index in [1.807, 2.05) is 12.1 Å². The predicted molar refractivity (Wildman–Crippen MR) is 218 cm³/mol. The topological polar surface area (TPSA) is 24.1 Å². The van der Waals surface area contributed by atoms with Gasteiger partial charge in [0.15, 0.2) is 0 Å². The van der Waals surface area contributed by atoms with Crippen LogP contribution in [0.5, 0.6) is 0 Å². The van der Waals surface area contributed by atoms with E-state index < -0.39 is 0 Å². The molecule has 0 aliphatic rings. The van der Waals surface area contributed by atoms with Crippen LogP contribution in [-0.2, 0) is 39.3 Å². The smallest absolute Gasteiger partial charge is 0.244 e. The van der Waals surface area contributed by atoms with Crippen LogP contribution in [0.4, 0.5) is 0 Å². The molecule has 4 aromatic carbocycles. The number of nitrogens with zero attached hydrogens (tertiary/aromatic N) is 6. The van der Waals surface area contributed by atoms with Crippen LogP contribution in [0.2, 0.25) is 0 Å². The molecule has 0 unspecified atom stereocenters. The van der Waals surface area contributed by atoms with Crippen LogP contribution in [-0.4, -0.2) is 40.7 Å². The van der Waals surface area contributed by atoms with Crippen molar-refractivity contribution in [3.8, 4) is 0 Å². The second-order valence-electron chi connectivity index (χ2n) is 12.7. The molecule has 6 nitrogen and oxygen atoms in total. The standard InChI is InChI=1S/C40H42N6S4/c47-39(48)45(29-33-9-3-1-4-10-33)19-7-17-41-21-23-43(31-41)27-35-13-15-37-16-14-36(26-38(37)25-35)28-44-24-22-42(32-44)18-8-20-46(40(49)50)30-34-11-5-2-6-12-34/h1-6,9-16,21-26,31-32H,7-8,17-20,27-30H2/p+2. The molecule has 2 aromatic heterocycles. The molecule has 0 aliphatic carbocycles. The summed E-state index contributed by atoms with van der Waals surface area (Å²) in [4.78, 5) is 4.32. The van der Waals surface area contributed by atoms with Gasteiger partial charge in [-0.3, -0.25) is 0 Å². The highest BCUT2D eigenvalue weighted by Crippen LogP contribution is 2.18. The highest BCUT2D eigenvalue weighted by atomic mass is 32.1. The molecule has 0 spiro atoms. The zero-order valence-corrected chi connectivity index (χ0v) is 31.6. The summed E-state index contributed by atoms with van der Waals surface area (Å²) in [6.07, 6.45) is 15.0. The molecule has 0 atom stereocenters. The molecule has 0 saturated heterocycles. The van der Waals surface area contributed by atoms with Gasteiger partial charge in [-0.2, -0.15) is 0 Å². The summed E-state index contributed by atoms with van der Waals surface area (Å²) in [6, 6.07) is 34.4. The van der Waals surface area contributed by atoms with Gasteiger partial charge in [0, 0.05) is 39.0 Å².